The first-order chi connectivity index (χ1) is 11.5. The highest BCUT2D eigenvalue weighted by molar-refractivity contribution is 5.54. The molecule has 0 fully saturated rings. The summed E-state index contributed by atoms with van der Waals surface area (Å²) in [5.41, 5.74) is 4.37. The molecule has 0 heterocycles. The number of carbonyl (C=O) groups excluding carboxylic acids is 2. The van der Waals surface area contributed by atoms with E-state index < -0.39 is 0 Å². The van der Waals surface area contributed by atoms with Gasteiger partial charge in [0.2, 0.25) is 0 Å². The summed E-state index contributed by atoms with van der Waals surface area (Å²) in [4.78, 5) is 20.7. The van der Waals surface area contributed by atoms with Gasteiger partial charge in [0.25, 0.3) is 0 Å². The average Bonchev–Trinajstić information content (AvgIpc) is 2.52. The second kappa shape index (κ2) is 14.1. The fourth-order valence-electron chi connectivity index (χ4n) is 1.65. The fraction of sp³-hybridized carbons (Fsp3) is 0.273. The van der Waals surface area contributed by atoms with Gasteiger partial charge < -0.3 is 9.59 Å². The monoisotopic (exact) mass is 324 g/mol. The van der Waals surface area contributed by atoms with Crippen LogP contribution in [0.25, 0.3) is 0 Å². The molecule has 0 saturated carbocycles. The molecule has 0 rings (SSSR count). The van der Waals surface area contributed by atoms with Crippen molar-refractivity contribution in [3.05, 3.63) is 83.1 Å². The van der Waals surface area contributed by atoms with E-state index in [1.165, 1.54) is 0 Å². The Bertz CT molecular complexity index is 552. The number of aldehydes is 2. The van der Waals surface area contributed by atoms with Crippen LogP contribution in [0.15, 0.2) is 83.1 Å². The highest BCUT2D eigenvalue weighted by atomic mass is 16.1. The van der Waals surface area contributed by atoms with E-state index in [-0.39, 0.29) is 0 Å². The van der Waals surface area contributed by atoms with E-state index in [9.17, 15) is 9.59 Å². The molecule has 0 aromatic heterocycles. The van der Waals surface area contributed by atoms with Gasteiger partial charge in [-0.2, -0.15) is 0 Å². The molecule has 0 unspecified atom stereocenters. The highest BCUT2D eigenvalue weighted by Crippen LogP contribution is 2.02. The summed E-state index contributed by atoms with van der Waals surface area (Å²) < 4.78 is 0. The van der Waals surface area contributed by atoms with Crippen LogP contribution >= 0.6 is 0 Å². The normalized spacial score (nSPS) is 15.0. The van der Waals surface area contributed by atoms with Crippen molar-refractivity contribution in [3.63, 3.8) is 0 Å². The fourth-order valence-corrected chi connectivity index (χ4v) is 1.65. The van der Waals surface area contributed by atoms with E-state index in [2.05, 4.69) is 0 Å². The van der Waals surface area contributed by atoms with Crippen LogP contribution in [0.5, 0.6) is 0 Å². The van der Waals surface area contributed by atoms with Gasteiger partial charge in [-0.05, 0) is 27.7 Å². The van der Waals surface area contributed by atoms with Gasteiger partial charge in [0.15, 0.2) is 0 Å². The van der Waals surface area contributed by atoms with Crippen molar-refractivity contribution in [1.82, 2.24) is 0 Å². The molecular formula is C22H28O2. The van der Waals surface area contributed by atoms with Gasteiger partial charge in [0.05, 0.1) is 0 Å². The van der Waals surface area contributed by atoms with Crippen LogP contribution in [-0.4, -0.2) is 12.6 Å². The van der Waals surface area contributed by atoms with E-state index in [1.54, 1.807) is 0 Å². The molecule has 0 amide bonds. The lowest BCUT2D eigenvalue weighted by molar-refractivity contribution is -0.108. The van der Waals surface area contributed by atoms with Crippen molar-refractivity contribution in [1.29, 1.82) is 0 Å². The maximum Gasteiger partial charge on any atom is 0.124 e. The average molecular weight is 324 g/mol. The Morgan fingerprint density at radius 3 is 1.29 bits per heavy atom. The van der Waals surface area contributed by atoms with Gasteiger partial charge in [0.1, 0.15) is 12.6 Å². The minimum absolute atomic E-state index is 0.481. The van der Waals surface area contributed by atoms with E-state index in [1.807, 2.05) is 88.5 Å². The number of hydrogen-bond acceptors (Lipinski definition) is 2. The van der Waals surface area contributed by atoms with Gasteiger partial charge in [-0.3, -0.25) is 0 Å². The van der Waals surface area contributed by atoms with Crippen LogP contribution in [0, 0.1) is 0 Å². The summed E-state index contributed by atoms with van der Waals surface area (Å²) in [6.45, 7) is 7.93. The minimum Gasteiger partial charge on any atom is -0.303 e. The van der Waals surface area contributed by atoms with Crippen LogP contribution in [0.1, 0.15) is 40.5 Å². The van der Waals surface area contributed by atoms with Crippen molar-refractivity contribution in [2.24, 2.45) is 0 Å². The molecule has 2 nitrogen and oxygen atoms in total. The van der Waals surface area contributed by atoms with Gasteiger partial charge in [-0.15, -0.1) is 0 Å². The summed E-state index contributed by atoms with van der Waals surface area (Å²) in [5.74, 6) is 0. The summed E-state index contributed by atoms with van der Waals surface area (Å²) in [7, 11) is 0. The van der Waals surface area contributed by atoms with Gasteiger partial charge in [-0.25, -0.2) is 0 Å². The first kappa shape index (κ1) is 21.5. The molecule has 0 aromatic carbocycles. The quantitative estimate of drug-likeness (QED) is 0.386. The Balaban J connectivity index is 4.52. The Labute approximate surface area is 146 Å². The molecule has 0 aliphatic rings. The molecule has 0 aromatic rings. The molecule has 0 atom stereocenters. The summed E-state index contributed by atoms with van der Waals surface area (Å²) in [6, 6.07) is 0. The van der Waals surface area contributed by atoms with Crippen LogP contribution in [0.3, 0.4) is 0 Å². The van der Waals surface area contributed by atoms with E-state index in [4.69, 9.17) is 0 Å². The molecule has 0 aliphatic heterocycles. The maximum atomic E-state index is 10.4. The first-order valence-electron chi connectivity index (χ1n) is 8.06. The van der Waals surface area contributed by atoms with Crippen LogP contribution < -0.4 is 0 Å². The predicted octanol–water partition coefficient (Wildman–Crippen LogP) is 5.62. The molecule has 0 bridgehead atoms. The van der Waals surface area contributed by atoms with Crippen molar-refractivity contribution in [2.75, 3.05) is 0 Å². The van der Waals surface area contributed by atoms with Crippen molar-refractivity contribution in [3.8, 4) is 0 Å². The second-order valence-electron chi connectivity index (χ2n) is 5.69. The van der Waals surface area contributed by atoms with Gasteiger partial charge in [-0.1, -0.05) is 83.1 Å². The molecule has 0 spiro atoms. The van der Waals surface area contributed by atoms with Gasteiger partial charge >= 0.3 is 0 Å². The summed E-state index contributed by atoms with van der Waals surface area (Å²) in [5, 5.41) is 0. The van der Waals surface area contributed by atoms with Gasteiger partial charge in [0, 0.05) is 12.8 Å². The number of carbonyl (C=O) groups is 2. The second-order valence-corrected chi connectivity index (χ2v) is 5.69. The molecule has 0 radical (unpaired) electrons. The number of rotatable bonds is 10. The SMILES string of the molecule is CC(C=CC=C(C)CC=O)=CC=CC=C(C)C=CC=C(C)CC=O. The summed E-state index contributed by atoms with van der Waals surface area (Å²) >= 11 is 0. The van der Waals surface area contributed by atoms with Crippen molar-refractivity contribution >= 4 is 12.6 Å². The molecule has 0 saturated heterocycles. The third kappa shape index (κ3) is 13.2. The third-order valence-electron chi connectivity index (χ3n) is 3.12. The van der Waals surface area contributed by atoms with Crippen LogP contribution in [-0.2, 0) is 9.59 Å². The molecule has 128 valence electrons. The highest BCUT2D eigenvalue weighted by Gasteiger charge is 1.85. The van der Waals surface area contributed by atoms with Crippen molar-refractivity contribution in [2.45, 2.75) is 40.5 Å². The Morgan fingerprint density at radius 1 is 0.583 bits per heavy atom. The summed E-state index contributed by atoms with van der Waals surface area (Å²) in [6.07, 6.45) is 22.7. The topological polar surface area (TPSA) is 34.1 Å². The zero-order valence-corrected chi connectivity index (χ0v) is 15.2. The Morgan fingerprint density at radius 2 is 0.958 bits per heavy atom. The minimum atomic E-state index is 0.481. The van der Waals surface area contributed by atoms with Crippen molar-refractivity contribution < 1.29 is 9.59 Å². The largest absolute Gasteiger partial charge is 0.303 e. The molecule has 2 heteroatoms. The van der Waals surface area contributed by atoms with E-state index >= 15 is 0 Å². The predicted molar refractivity (Wildman–Crippen MR) is 104 cm³/mol. The molecule has 0 N–H and O–H groups in total. The number of allylic oxidation sites excluding steroid dienone is 14. The Kier molecular flexibility index (Phi) is 12.7. The Hall–Kier alpha value is -2.48. The zero-order valence-electron chi connectivity index (χ0n) is 15.2. The lowest BCUT2D eigenvalue weighted by Gasteiger charge is -1.91. The smallest absolute Gasteiger partial charge is 0.124 e. The zero-order chi connectivity index (χ0) is 18.2. The van der Waals surface area contributed by atoms with E-state index in [0.29, 0.717) is 12.8 Å². The third-order valence-corrected chi connectivity index (χ3v) is 3.12. The maximum absolute atomic E-state index is 10.4. The lowest BCUT2D eigenvalue weighted by atomic mass is 10.2. The first-order valence-corrected chi connectivity index (χ1v) is 8.06. The lowest BCUT2D eigenvalue weighted by Crippen LogP contribution is -1.76. The molecule has 0 aliphatic carbocycles. The molecule has 24 heavy (non-hydrogen) atoms. The number of hydrogen-bond donors (Lipinski definition) is 0. The van der Waals surface area contributed by atoms with Crippen LogP contribution in [0.2, 0.25) is 0 Å². The van der Waals surface area contributed by atoms with Crippen LogP contribution in [0.4, 0.5) is 0 Å². The standard InChI is InChI=1S/C22H28O2/c1-19(11-7-13-21(3)15-17-23)9-5-6-10-20(2)12-8-14-22(4)16-18-24/h5-14,17-18H,15-16H2,1-4H3. The van der Waals surface area contributed by atoms with E-state index in [0.717, 1.165) is 34.9 Å². The molecular weight excluding hydrogens is 296 g/mol.